The summed E-state index contributed by atoms with van der Waals surface area (Å²) >= 11 is 0. The molecule has 6 heteroatoms. The van der Waals surface area contributed by atoms with E-state index in [9.17, 15) is 9.59 Å². The minimum atomic E-state index is -0.589. The zero-order chi connectivity index (χ0) is 11.7. The number of carbonyl (C=O) groups excluding carboxylic acids is 2. The summed E-state index contributed by atoms with van der Waals surface area (Å²) in [6.45, 7) is 1.79. The molecule has 0 amide bonds. The first-order chi connectivity index (χ1) is 7.69. The van der Waals surface area contributed by atoms with Gasteiger partial charge in [-0.15, -0.1) is 0 Å². The first-order valence-electron chi connectivity index (χ1n) is 4.56. The Morgan fingerprint density at radius 1 is 1.56 bits per heavy atom. The van der Waals surface area contributed by atoms with Gasteiger partial charge in [-0.25, -0.2) is 14.3 Å². The van der Waals surface area contributed by atoms with E-state index in [1.165, 1.54) is 18.0 Å². The van der Waals surface area contributed by atoms with Crippen LogP contribution in [-0.2, 0) is 4.74 Å². The van der Waals surface area contributed by atoms with Crippen LogP contribution in [-0.4, -0.2) is 34.0 Å². The number of hydrogen-bond donors (Lipinski definition) is 0. The molecule has 0 aliphatic rings. The van der Waals surface area contributed by atoms with Crippen molar-refractivity contribution in [3.63, 3.8) is 0 Å². The van der Waals surface area contributed by atoms with Crippen LogP contribution < -0.4 is 0 Å². The molecule has 0 spiro atoms. The highest BCUT2D eigenvalue weighted by atomic mass is 16.5. The second-order valence-electron chi connectivity index (χ2n) is 3.22. The van der Waals surface area contributed by atoms with Gasteiger partial charge in [-0.1, -0.05) is 0 Å². The highest BCUT2D eigenvalue weighted by Crippen LogP contribution is 2.16. The van der Waals surface area contributed by atoms with Crippen LogP contribution in [0.5, 0.6) is 0 Å². The first kappa shape index (κ1) is 10.3. The number of methoxy groups -OCH3 is 1. The number of esters is 1. The fraction of sp³-hybridized carbons (Fsp3) is 0.200. The summed E-state index contributed by atoms with van der Waals surface area (Å²) in [6.07, 6.45) is 1.92. The number of aryl methyl sites for hydroxylation is 1. The maximum Gasteiger partial charge on any atom is 0.359 e. The third-order valence-corrected chi connectivity index (χ3v) is 2.27. The molecule has 0 radical (unpaired) electrons. The van der Waals surface area contributed by atoms with E-state index in [2.05, 4.69) is 14.8 Å². The Labute approximate surface area is 90.9 Å². The summed E-state index contributed by atoms with van der Waals surface area (Å²) in [5.74, 6) is -0.589. The molecule has 0 fully saturated rings. The standard InChI is InChI=1S/C10H9N3O3/c1-6-3-7(4-14)9-8(10(15)16-2)11-5-12-13(6)9/h3-5H,1-2H3. The fourth-order valence-corrected chi connectivity index (χ4v) is 1.57. The summed E-state index contributed by atoms with van der Waals surface area (Å²) in [4.78, 5) is 26.2. The van der Waals surface area contributed by atoms with Gasteiger partial charge in [0.15, 0.2) is 12.0 Å². The molecule has 0 aliphatic carbocycles. The van der Waals surface area contributed by atoms with Gasteiger partial charge in [0.25, 0.3) is 0 Å². The topological polar surface area (TPSA) is 73.6 Å². The summed E-state index contributed by atoms with van der Waals surface area (Å²) in [5, 5.41) is 3.97. The smallest absolute Gasteiger partial charge is 0.359 e. The van der Waals surface area contributed by atoms with Gasteiger partial charge in [-0.2, -0.15) is 5.10 Å². The maximum absolute atomic E-state index is 11.5. The molecular weight excluding hydrogens is 210 g/mol. The molecule has 0 saturated heterocycles. The molecule has 0 unspecified atom stereocenters. The SMILES string of the molecule is COC(=O)c1ncnn2c(C)cc(C=O)c12. The van der Waals surface area contributed by atoms with Crippen LogP contribution >= 0.6 is 0 Å². The molecule has 0 bridgehead atoms. The molecule has 16 heavy (non-hydrogen) atoms. The predicted molar refractivity (Wildman–Crippen MR) is 54.5 cm³/mol. The van der Waals surface area contributed by atoms with E-state index in [1.54, 1.807) is 13.0 Å². The van der Waals surface area contributed by atoms with E-state index in [0.717, 1.165) is 5.69 Å². The van der Waals surface area contributed by atoms with Crippen molar-refractivity contribution in [3.05, 3.63) is 29.3 Å². The first-order valence-corrected chi connectivity index (χ1v) is 4.56. The molecular formula is C10H9N3O3. The molecule has 0 N–H and O–H groups in total. The Morgan fingerprint density at radius 2 is 2.31 bits per heavy atom. The zero-order valence-corrected chi connectivity index (χ0v) is 8.80. The van der Waals surface area contributed by atoms with Crippen LogP contribution in [0.15, 0.2) is 12.4 Å². The number of carbonyl (C=O) groups is 2. The van der Waals surface area contributed by atoms with Crippen molar-refractivity contribution in [2.45, 2.75) is 6.92 Å². The molecule has 0 saturated carbocycles. The average molecular weight is 219 g/mol. The lowest BCUT2D eigenvalue weighted by Crippen LogP contribution is -2.09. The van der Waals surface area contributed by atoms with Crippen LogP contribution in [0.25, 0.3) is 5.52 Å². The largest absolute Gasteiger partial charge is 0.464 e. The van der Waals surface area contributed by atoms with Gasteiger partial charge in [-0.05, 0) is 13.0 Å². The number of hydrogen-bond acceptors (Lipinski definition) is 5. The third-order valence-electron chi connectivity index (χ3n) is 2.27. The van der Waals surface area contributed by atoms with Crippen molar-refractivity contribution in [2.24, 2.45) is 0 Å². The molecule has 2 aromatic rings. The molecule has 2 aromatic heterocycles. The van der Waals surface area contributed by atoms with Gasteiger partial charge >= 0.3 is 5.97 Å². The van der Waals surface area contributed by atoms with E-state index in [4.69, 9.17) is 0 Å². The molecule has 2 heterocycles. The van der Waals surface area contributed by atoms with Gasteiger partial charge in [-0.3, -0.25) is 4.79 Å². The van der Waals surface area contributed by atoms with Crippen molar-refractivity contribution in [1.29, 1.82) is 0 Å². The number of aldehydes is 1. The summed E-state index contributed by atoms with van der Waals surface area (Å²) in [6, 6.07) is 1.64. The van der Waals surface area contributed by atoms with Crippen LogP contribution in [0, 0.1) is 6.92 Å². The lowest BCUT2D eigenvalue weighted by Gasteiger charge is -2.01. The minimum absolute atomic E-state index is 0.0905. The van der Waals surface area contributed by atoms with Crippen LogP contribution in [0.1, 0.15) is 26.5 Å². The van der Waals surface area contributed by atoms with Crippen LogP contribution in [0.2, 0.25) is 0 Å². The van der Waals surface area contributed by atoms with Crippen molar-refractivity contribution in [2.75, 3.05) is 7.11 Å². The molecule has 2 rings (SSSR count). The molecule has 0 aliphatic heterocycles. The normalized spacial score (nSPS) is 10.4. The monoisotopic (exact) mass is 219 g/mol. The number of nitrogens with zero attached hydrogens (tertiary/aromatic N) is 3. The van der Waals surface area contributed by atoms with Gasteiger partial charge in [0, 0.05) is 11.3 Å². The number of rotatable bonds is 2. The van der Waals surface area contributed by atoms with E-state index >= 15 is 0 Å². The Bertz CT molecular complexity index is 574. The second-order valence-corrected chi connectivity index (χ2v) is 3.22. The van der Waals surface area contributed by atoms with E-state index in [-0.39, 0.29) is 5.69 Å². The van der Waals surface area contributed by atoms with Crippen LogP contribution in [0.3, 0.4) is 0 Å². The predicted octanol–water partition coefficient (Wildman–Crippen LogP) is 0.637. The van der Waals surface area contributed by atoms with Crippen LogP contribution in [0.4, 0.5) is 0 Å². The summed E-state index contributed by atoms with van der Waals surface area (Å²) < 4.78 is 6.08. The lowest BCUT2D eigenvalue weighted by molar-refractivity contribution is 0.0595. The van der Waals surface area contributed by atoms with E-state index in [1.807, 2.05) is 0 Å². The Morgan fingerprint density at radius 3 is 2.94 bits per heavy atom. The summed E-state index contributed by atoms with van der Waals surface area (Å²) in [7, 11) is 1.26. The van der Waals surface area contributed by atoms with Crippen molar-refractivity contribution in [1.82, 2.24) is 14.6 Å². The molecule has 6 nitrogen and oxygen atoms in total. The highest BCUT2D eigenvalue weighted by molar-refractivity contribution is 6.00. The Kier molecular flexibility index (Phi) is 2.40. The lowest BCUT2D eigenvalue weighted by atomic mass is 10.2. The number of aromatic nitrogens is 3. The van der Waals surface area contributed by atoms with Crippen molar-refractivity contribution in [3.8, 4) is 0 Å². The van der Waals surface area contributed by atoms with Gasteiger partial charge in [0.1, 0.15) is 11.8 Å². The van der Waals surface area contributed by atoms with E-state index in [0.29, 0.717) is 17.4 Å². The highest BCUT2D eigenvalue weighted by Gasteiger charge is 2.18. The van der Waals surface area contributed by atoms with Gasteiger partial charge in [0.05, 0.1) is 7.11 Å². The minimum Gasteiger partial charge on any atom is -0.464 e. The molecule has 0 atom stereocenters. The maximum atomic E-state index is 11.5. The van der Waals surface area contributed by atoms with E-state index < -0.39 is 5.97 Å². The zero-order valence-electron chi connectivity index (χ0n) is 8.80. The number of ether oxygens (including phenoxy) is 1. The second kappa shape index (κ2) is 3.73. The van der Waals surface area contributed by atoms with Crippen molar-refractivity contribution < 1.29 is 14.3 Å². The average Bonchev–Trinajstić information content (AvgIpc) is 2.65. The van der Waals surface area contributed by atoms with Gasteiger partial charge in [0.2, 0.25) is 0 Å². The third kappa shape index (κ3) is 1.35. The number of fused-ring (bicyclic) bond motifs is 1. The quantitative estimate of drug-likeness (QED) is 0.547. The molecule has 82 valence electrons. The summed E-state index contributed by atoms with van der Waals surface area (Å²) in [5.41, 5.74) is 1.60. The van der Waals surface area contributed by atoms with Gasteiger partial charge < -0.3 is 4.74 Å². The molecule has 0 aromatic carbocycles. The Balaban J connectivity index is 2.84. The fourth-order valence-electron chi connectivity index (χ4n) is 1.57. The Hall–Kier alpha value is -2.24. The van der Waals surface area contributed by atoms with Crippen molar-refractivity contribution >= 4 is 17.8 Å².